The maximum Gasteiger partial charge on any atom is 0.160 e. The van der Waals surface area contributed by atoms with Crippen LogP contribution in [0.25, 0.3) is 22.0 Å². The van der Waals surface area contributed by atoms with Crippen LogP contribution in [0.15, 0.2) is 53.4 Å². The van der Waals surface area contributed by atoms with Crippen LogP contribution in [0, 0.1) is 5.82 Å². The third-order valence-electron chi connectivity index (χ3n) is 3.51. The standard InChI is InChI=1S/C17H14FNO2S/c1-22(21)16-8-3-2-6-12(16)13-9-11-5-4-7-14(18)17(11)19-15(13)10-20/h2-9,20H,10H2,1H3. The molecule has 3 nitrogen and oxygen atoms in total. The van der Waals surface area contributed by atoms with Crippen molar-refractivity contribution in [3.63, 3.8) is 0 Å². The molecule has 0 saturated carbocycles. The van der Waals surface area contributed by atoms with Gasteiger partial charge in [-0.15, -0.1) is 0 Å². The first-order valence-electron chi connectivity index (χ1n) is 6.73. The van der Waals surface area contributed by atoms with Gasteiger partial charge >= 0.3 is 0 Å². The molecule has 0 spiro atoms. The molecule has 1 aromatic heterocycles. The smallest absolute Gasteiger partial charge is 0.160 e. The molecule has 0 saturated heterocycles. The fourth-order valence-electron chi connectivity index (χ4n) is 2.49. The van der Waals surface area contributed by atoms with E-state index < -0.39 is 17.0 Å². The normalized spacial score (nSPS) is 12.5. The molecular formula is C17H14FNO2S. The van der Waals surface area contributed by atoms with Crippen LogP contribution >= 0.6 is 0 Å². The molecular weight excluding hydrogens is 301 g/mol. The van der Waals surface area contributed by atoms with E-state index >= 15 is 0 Å². The van der Waals surface area contributed by atoms with Crippen LogP contribution in [-0.2, 0) is 17.8 Å². The molecule has 0 bridgehead atoms. The molecule has 5 heteroatoms. The van der Waals surface area contributed by atoms with Gasteiger partial charge in [-0.3, -0.25) is 0 Å². The van der Waals surface area contributed by atoms with Gasteiger partial charge < -0.3 is 9.66 Å². The van der Waals surface area contributed by atoms with Crippen LogP contribution in [0.4, 0.5) is 4.39 Å². The predicted molar refractivity (Wildman–Crippen MR) is 85.4 cm³/mol. The summed E-state index contributed by atoms with van der Waals surface area (Å²) in [7, 11) is 0. The second-order valence-corrected chi connectivity index (χ2v) is 6.25. The Morgan fingerprint density at radius 3 is 2.64 bits per heavy atom. The fraction of sp³-hybridized carbons (Fsp3) is 0.118. The molecule has 3 rings (SSSR count). The first-order valence-corrected chi connectivity index (χ1v) is 8.29. The van der Waals surface area contributed by atoms with E-state index in [1.165, 1.54) is 6.07 Å². The van der Waals surface area contributed by atoms with Gasteiger partial charge in [0.25, 0.3) is 0 Å². The SMILES string of the molecule is C[S+]([O-])c1ccccc1-c1cc2cccc(F)c2nc1CO. The van der Waals surface area contributed by atoms with Crippen LogP contribution in [0.3, 0.4) is 0 Å². The zero-order valence-corrected chi connectivity index (χ0v) is 12.7. The molecule has 112 valence electrons. The summed E-state index contributed by atoms with van der Waals surface area (Å²) in [5.41, 5.74) is 2.01. The predicted octanol–water partition coefficient (Wildman–Crippen LogP) is 3.27. The van der Waals surface area contributed by atoms with E-state index in [0.29, 0.717) is 21.5 Å². The Balaban J connectivity index is 2.31. The van der Waals surface area contributed by atoms with Gasteiger partial charge in [0, 0.05) is 16.5 Å². The molecule has 1 heterocycles. The second-order valence-electron chi connectivity index (χ2n) is 4.90. The van der Waals surface area contributed by atoms with Crippen molar-refractivity contribution in [2.24, 2.45) is 0 Å². The summed E-state index contributed by atoms with van der Waals surface area (Å²) < 4.78 is 25.8. The topological polar surface area (TPSA) is 56.2 Å². The second kappa shape index (κ2) is 6.04. The Hall–Kier alpha value is -1.95. The van der Waals surface area contributed by atoms with Gasteiger partial charge in [-0.05, 0) is 35.4 Å². The minimum atomic E-state index is -1.17. The molecule has 1 N–H and O–H groups in total. The zero-order valence-electron chi connectivity index (χ0n) is 11.9. The summed E-state index contributed by atoms with van der Waals surface area (Å²) in [5.74, 6) is -0.425. The van der Waals surface area contributed by atoms with E-state index in [1.54, 1.807) is 30.5 Å². The van der Waals surface area contributed by atoms with Gasteiger partial charge in [0.1, 0.15) is 17.6 Å². The summed E-state index contributed by atoms with van der Waals surface area (Å²) >= 11 is -1.17. The van der Waals surface area contributed by atoms with Gasteiger partial charge in [-0.25, -0.2) is 9.37 Å². The number of halogens is 1. The molecule has 3 aromatic rings. The number of para-hydroxylation sites is 1. The Morgan fingerprint density at radius 2 is 1.91 bits per heavy atom. The molecule has 0 amide bonds. The quantitative estimate of drug-likeness (QED) is 0.755. The van der Waals surface area contributed by atoms with Crippen LogP contribution in [0.2, 0.25) is 0 Å². The fourth-order valence-corrected chi connectivity index (χ4v) is 3.25. The van der Waals surface area contributed by atoms with Crippen LogP contribution in [0.1, 0.15) is 5.69 Å². The van der Waals surface area contributed by atoms with E-state index in [4.69, 9.17) is 0 Å². The largest absolute Gasteiger partial charge is 0.612 e. The highest BCUT2D eigenvalue weighted by atomic mass is 32.2. The number of aromatic nitrogens is 1. The molecule has 1 unspecified atom stereocenters. The van der Waals surface area contributed by atoms with E-state index in [9.17, 15) is 14.0 Å². The first-order chi connectivity index (χ1) is 10.6. The molecule has 0 fully saturated rings. The third kappa shape index (κ3) is 2.59. The molecule has 22 heavy (non-hydrogen) atoms. The molecule has 0 aliphatic heterocycles. The number of fused-ring (bicyclic) bond motifs is 1. The highest BCUT2D eigenvalue weighted by Crippen LogP contribution is 2.32. The number of aliphatic hydroxyl groups excluding tert-OH is 1. The average Bonchev–Trinajstić information content (AvgIpc) is 2.54. The van der Waals surface area contributed by atoms with Crippen LogP contribution < -0.4 is 0 Å². The van der Waals surface area contributed by atoms with Gasteiger partial charge in [0.05, 0.1) is 12.3 Å². The van der Waals surface area contributed by atoms with Gasteiger partial charge in [0.15, 0.2) is 4.90 Å². The Bertz CT molecular complexity index is 836. The van der Waals surface area contributed by atoms with E-state index in [-0.39, 0.29) is 12.1 Å². The van der Waals surface area contributed by atoms with Gasteiger partial charge in [-0.1, -0.05) is 24.3 Å². The lowest BCUT2D eigenvalue weighted by Gasteiger charge is -2.13. The summed E-state index contributed by atoms with van der Waals surface area (Å²) in [6.07, 6.45) is 1.60. The Labute approximate surface area is 130 Å². The van der Waals surface area contributed by atoms with E-state index in [1.807, 2.05) is 18.2 Å². The lowest BCUT2D eigenvalue weighted by molar-refractivity contribution is 0.278. The minimum Gasteiger partial charge on any atom is -0.612 e. The highest BCUT2D eigenvalue weighted by molar-refractivity contribution is 7.90. The lowest BCUT2D eigenvalue weighted by atomic mass is 10.0. The molecule has 0 aliphatic carbocycles. The van der Waals surface area contributed by atoms with Crippen molar-refractivity contribution in [2.75, 3.05) is 6.26 Å². The Kier molecular flexibility index (Phi) is 4.11. The number of pyridine rings is 1. The number of hydrogen-bond acceptors (Lipinski definition) is 3. The molecule has 2 aromatic carbocycles. The van der Waals surface area contributed by atoms with Crippen molar-refractivity contribution >= 4 is 22.1 Å². The van der Waals surface area contributed by atoms with Crippen molar-refractivity contribution in [1.29, 1.82) is 0 Å². The van der Waals surface area contributed by atoms with E-state index in [2.05, 4.69) is 4.98 Å². The third-order valence-corrected chi connectivity index (χ3v) is 4.49. The van der Waals surface area contributed by atoms with Crippen molar-refractivity contribution < 1.29 is 14.0 Å². The maximum atomic E-state index is 13.9. The number of nitrogens with zero attached hydrogens (tertiary/aromatic N) is 1. The average molecular weight is 315 g/mol. The highest BCUT2D eigenvalue weighted by Gasteiger charge is 2.17. The Morgan fingerprint density at radius 1 is 1.14 bits per heavy atom. The molecule has 1 atom stereocenters. The molecule has 0 radical (unpaired) electrons. The van der Waals surface area contributed by atoms with Crippen LogP contribution in [0.5, 0.6) is 0 Å². The monoisotopic (exact) mass is 315 g/mol. The summed E-state index contributed by atoms with van der Waals surface area (Å²) in [6.45, 7) is -0.315. The molecule has 0 aliphatic rings. The zero-order chi connectivity index (χ0) is 15.7. The summed E-state index contributed by atoms with van der Waals surface area (Å²) in [5, 5.41) is 10.2. The van der Waals surface area contributed by atoms with Crippen molar-refractivity contribution in [2.45, 2.75) is 11.5 Å². The first kappa shape index (κ1) is 15.0. The minimum absolute atomic E-state index is 0.227. The summed E-state index contributed by atoms with van der Waals surface area (Å²) in [4.78, 5) is 4.91. The van der Waals surface area contributed by atoms with Crippen LogP contribution in [-0.4, -0.2) is 20.9 Å². The van der Waals surface area contributed by atoms with Gasteiger partial charge in [-0.2, -0.15) is 0 Å². The lowest BCUT2D eigenvalue weighted by Crippen LogP contribution is -2.03. The number of hydrogen-bond donors (Lipinski definition) is 1. The number of benzene rings is 2. The number of rotatable bonds is 3. The number of aliphatic hydroxyl groups is 1. The van der Waals surface area contributed by atoms with Crippen molar-refractivity contribution in [3.8, 4) is 11.1 Å². The summed E-state index contributed by atoms with van der Waals surface area (Å²) in [6, 6.07) is 13.8. The van der Waals surface area contributed by atoms with Gasteiger partial charge in [0.2, 0.25) is 0 Å². The van der Waals surface area contributed by atoms with Crippen molar-refractivity contribution in [1.82, 2.24) is 4.98 Å². The maximum absolute atomic E-state index is 13.9. The van der Waals surface area contributed by atoms with E-state index in [0.717, 1.165) is 5.56 Å². The van der Waals surface area contributed by atoms with Crippen molar-refractivity contribution in [3.05, 3.63) is 60.0 Å².